The molecule has 2 aliphatic rings. The number of nitrogens with zero attached hydrogens (tertiary/aromatic N) is 4. The number of carbonyl (C=O) groups is 1. The third-order valence-electron chi connectivity index (χ3n) is 5.04. The highest BCUT2D eigenvalue weighted by molar-refractivity contribution is 7.09. The van der Waals surface area contributed by atoms with Crippen molar-refractivity contribution < 1.29 is 13.6 Å². The van der Waals surface area contributed by atoms with E-state index in [0.29, 0.717) is 25.9 Å². The Hall–Kier alpha value is -2.09. The van der Waals surface area contributed by atoms with Crippen LogP contribution in [0.5, 0.6) is 0 Å². The second-order valence-corrected chi connectivity index (χ2v) is 8.02. The van der Waals surface area contributed by atoms with Crippen molar-refractivity contribution in [3.63, 3.8) is 0 Å². The maximum Gasteiger partial charge on any atom is 0.282 e. The fourth-order valence-corrected chi connectivity index (χ4v) is 4.25. The second kappa shape index (κ2) is 6.57. The van der Waals surface area contributed by atoms with E-state index in [9.17, 15) is 13.6 Å². The maximum atomic E-state index is 13.0. The minimum Gasteiger partial charge on any atom is -0.370 e. The molecule has 138 valence electrons. The summed E-state index contributed by atoms with van der Waals surface area (Å²) in [5.74, 6) is -2.99. The van der Waals surface area contributed by atoms with E-state index in [2.05, 4.69) is 14.9 Å². The number of likely N-dealkylation sites (tertiary alicyclic amines) is 1. The number of rotatable bonds is 3. The summed E-state index contributed by atoms with van der Waals surface area (Å²) in [6.45, 7) is 2.54. The number of aryl methyl sites for hydroxylation is 1. The minimum absolute atomic E-state index is 0.128. The number of hydrogen-bond donors (Lipinski definition) is 0. The molecule has 4 rings (SSSR count). The van der Waals surface area contributed by atoms with Crippen LogP contribution in [0, 0.1) is 12.8 Å². The molecule has 8 heteroatoms. The number of amides is 1. The molecule has 2 fully saturated rings. The first kappa shape index (κ1) is 17.3. The molecule has 2 saturated heterocycles. The van der Waals surface area contributed by atoms with Crippen LogP contribution in [-0.4, -0.2) is 52.9 Å². The molecule has 0 aliphatic carbocycles. The molecule has 0 bridgehead atoms. The van der Waals surface area contributed by atoms with E-state index in [4.69, 9.17) is 0 Å². The number of anilines is 1. The van der Waals surface area contributed by atoms with E-state index in [0.717, 1.165) is 22.0 Å². The largest absolute Gasteiger partial charge is 0.370 e. The predicted octanol–water partition coefficient (Wildman–Crippen LogP) is 3.21. The van der Waals surface area contributed by atoms with E-state index in [1.54, 1.807) is 17.5 Å². The van der Waals surface area contributed by atoms with Crippen molar-refractivity contribution in [3.05, 3.63) is 28.8 Å². The van der Waals surface area contributed by atoms with Crippen molar-refractivity contribution >= 4 is 22.9 Å². The maximum absolute atomic E-state index is 13.0. The van der Waals surface area contributed by atoms with E-state index in [-0.39, 0.29) is 11.8 Å². The van der Waals surface area contributed by atoms with Gasteiger partial charge in [0.2, 0.25) is 5.91 Å². The van der Waals surface area contributed by atoms with Crippen molar-refractivity contribution in [1.82, 2.24) is 14.9 Å². The molecule has 0 atom stereocenters. The van der Waals surface area contributed by atoms with Gasteiger partial charge in [0.05, 0.1) is 35.7 Å². The first-order valence-corrected chi connectivity index (χ1v) is 9.59. The van der Waals surface area contributed by atoms with E-state index < -0.39 is 19.0 Å². The number of pyridine rings is 1. The van der Waals surface area contributed by atoms with Gasteiger partial charge in [-0.3, -0.25) is 9.78 Å². The number of carbonyl (C=O) groups excluding carboxylic acids is 1. The Morgan fingerprint density at radius 2 is 2.04 bits per heavy atom. The smallest absolute Gasteiger partial charge is 0.282 e. The Bertz CT molecular complexity index is 809. The first-order valence-electron chi connectivity index (χ1n) is 8.71. The van der Waals surface area contributed by atoms with Crippen molar-refractivity contribution in [3.8, 4) is 11.3 Å². The Balaban J connectivity index is 1.43. The summed E-state index contributed by atoms with van der Waals surface area (Å²) in [5, 5.41) is 3.05. The number of hydrogen-bond acceptors (Lipinski definition) is 5. The summed E-state index contributed by atoms with van der Waals surface area (Å²) in [4.78, 5) is 24.7. The Labute approximate surface area is 154 Å². The first-order chi connectivity index (χ1) is 12.4. The molecule has 0 saturated carbocycles. The lowest BCUT2D eigenvalue weighted by Gasteiger charge is -2.42. The molecular weight excluding hydrogens is 358 g/mol. The third-order valence-corrected chi connectivity index (χ3v) is 5.81. The quantitative estimate of drug-likeness (QED) is 0.823. The van der Waals surface area contributed by atoms with Gasteiger partial charge in [-0.25, -0.2) is 13.8 Å². The Morgan fingerprint density at radius 1 is 1.31 bits per heavy atom. The minimum atomic E-state index is -2.70. The van der Waals surface area contributed by atoms with Crippen LogP contribution in [0.4, 0.5) is 14.5 Å². The second-order valence-electron chi connectivity index (χ2n) is 6.96. The molecule has 2 aromatic heterocycles. The number of piperidine rings is 1. The normalized spacial score (nSPS) is 20.1. The standard InChI is InChI=1S/C18H20F2N4OS/c1-12-22-15(9-26-12)14-2-5-21-8-16(14)23-6-3-13(4-7-23)17(25)24-10-18(19,20)11-24/h2,5,8-9,13H,3-4,6-7,10-11H2,1H3. The van der Waals surface area contributed by atoms with Crippen LogP contribution >= 0.6 is 11.3 Å². The zero-order valence-electron chi connectivity index (χ0n) is 14.5. The highest BCUT2D eigenvalue weighted by Gasteiger charge is 2.47. The SMILES string of the molecule is Cc1nc(-c2ccncc2N2CCC(C(=O)N3CC(F)(F)C3)CC2)cs1. The van der Waals surface area contributed by atoms with E-state index >= 15 is 0 Å². The van der Waals surface area contributed by atoms with Gasteiger partial charge in [0.1, 0.15) is 0 Å². The van der Waals surface area contributed by atoms with Gasteiger partial charge in [-0.2, -0.15) is 0 Å². The molecule has 0 spiro atoms. The van der Waals surface area contributed by atoms with Crippen molar-refractivity contribution in [1.29, 1.82) is 0 Å². The molecule has 5 nitrogen and oxygen atoms in total. The van der Waals surface area contributed by atoms with Crippen LogP contribution in [-0.2, 0) is 4.79 Å². The predicted molar refractivity (Wildman–Crippen MR) is 96.5 cm³/mol. The lowest BCUT2D eigenvalue weighted by atomic mass is 9.93. The molecule has 2 aromatic rings. The molecule has 0 radical (unpaired) electrons. The van der Waals surface area contributed by atoms with Gasteiger partial charge < -0.3 is 9.80 Å². The Kier molecular flexibility index (Phi) is 4.38. The molecule has 2 aliphatic heterocycles. The molecular formula is C18H20F2N4OS. The number of thiazole rings is 1. The van der Waals surface area contributed by atoms with Gasteiger partial charge in [-0.1, -0.05) is 0 Å². The molecule has 26 heavy (non-hydrogen) atoms. The Morgan fingerprint density at radius 3 is 2.65 bits per heavy atom. The molecule has 0 aromatic carbocycles. The molecule has 1 amide bonds. The van der Waals surface area contributed by atoms with Gasteiger partial charge in [0.15, 0.2) is 0 Å². The molecule has 4 heterocycles. The fraction of sp³-hybridized carbons (Fsp3) is 0.500. The van der Waals surface area contributed by atoms with Gasteiger partial charge in [0, 0.05) is 36.1 Å². The monoisotopic (exact) mass is 378 g/mol. The summed E-state index contributed by atoms with van der Waals surface area (Å²) < 4.78 is 26.0. The highest BCUT2D eigenvalue weighted by Crippen LogP contribution is 2.35. The van der Waals surface area contributed by atoms with Gasteiger partial charge in [-0.05, 0) is 25.8 Å². The lowest BCUT2D eigenvalue weighted by Crippen LogP contribution is -2.60. The van der Waals surface area contributed by atoms with Gasteiger partial charge >= 0.3 is 0 Å². The van der Waals surface area contributed by atoms with Gasteiger partial charge in [0.25, 0.3) is 5.92 Å². The van der Waals surface area contributed by atoms with Crippen LogP contribution in [0.2, 0.25) is 0 Å². The van der Waals surface area contributed by atoms with Crippen molar-refractivity contribution in [2.45, 2.75) is 25.7 Å². The van der Waals surface area contributed by atoms with E-state index in [1.807, 2.05) is 24.6 Å². The average Bonchev–Trinajstić information content (AvgIpc) is 3.05. The van der Waals surface area contributed by atoms with Crippen LogP contribution in [0.1, 0.15) is 17.8 Å². The number of halogens is 2. The lowest BCUT2D eigenvalue weighted by molar-refractivity contribution is -0.170. The topological polar surface area (TPSA) is 49.3 Å². The van der Waals surface area contributed by atoms with Crippen LogP contribution in [0.25, 0.3) is 11.3 Å². The summed E-state index contributed by atoms with van der Waals surface area (Å²) >= 11 is 1.61. The highest BCUT2D eigenvalue weighted by atomic mass is 32.1. The number of alkyl halides is 2. The fourth-order valence-electron chi connectivity index (χ4n) is 3.64. The zero-order chi connectivity index (χ0) is 18.3. The third kappa shape index (κ3) is 3.30. The van der Waals surface area contributed by atoms with Crippen LogP contribution in [0.3, 0.4) is 0 Å². The summed E-state index contributed by atoms with van der Waals surface area (Å²) in [6, 6.07) is 1.96. The molecule has 0 unspecified atom stereocenters. The van der Waals surface area contributed by atoms with Crippen LogP contribution in [0.15, 0.2) is 23.8 Å². The molecule has 0 N–H and O–H groups in total. The van der Waals surface area contributed by atoms with Crippen molar-refractivity contribution in [2.75, 3.05) is 31.1 Å². The average molecular weight is 378 g/mol. The summed E-state index contributed by atoms with van der Waals surface area (Å²) in [7, 11) is 0. The summed E-state index contributed by atoms with van der Waals surface area (Å²) in [5.41, 5.74) is 2.99. The van der Waals surface area contributed by atoms with Crippen LogP contribution < -0.4 is 4.90 Å². The number of aromatic nitrogens is 2. The van der Waals surface area contributed by atoms with Crippen molar-refractivity contribution in [2.24, 2.45) is 5.92 Å². The van der Waals surface area contributed by atoms with Gasteiger partial charge in [-0.15, -0.1) is 11.3 Å². The zero-order valence-corrected chi connectivity index (χ0v) is 15.3. The van der Waals surface area contributed by atoms with E-state index in [1.165, 1.54) is 4.90 Å². The summed E-state index contributed by atoms with van der Waals surface area (Å²) in [6.07, 6.45) is 4.94.